The molecule has 0 fully saturated rings. The van der Waals surface area contributed by atoms with E-state index in [1.165, 1.54) is 89.9 Å². The zero-order valence-corrected chi connectivity index (χ0v) is 26.1. The molecule has 0 aromatic carbocycles. The van der Waals surface area contributed by atoms with Crippen molar-refractivity contribution in [1.29, 1.82) is 0 Å². The molecule has 40 heavy (non-hydrogen) atoms. The van der Waals surface area contributed by atoms with Crippen LogP contribution in [0.25, 0.3) is 0 Å². The third-order valence-corrected chi connectivity index (χ3v) is 8.75. The molecular weight excluding hydrogens is 504 g/mol. The van der Waals surface area contributed by atoms with E-state index in [-0.39, 0.29) is 5.92 Å². The minimum absolute atomic E-state index is 0.307. The van der Waals surface area contributed by atoms with Gasteiger partial charge in [0.15, 0.2) is 0 Å². The van der Waals surface area contributed by atoms with Crippen molar-refractivity contribution in [3.05, 3.63) is 0 Å². The summed E-state index contributed by atoms with van der Waals surface area (Å²) in [5.74, 6) is -3.17. The van der Waals surface area contributed by atoms with Crippen molar-refractivity contribution in [2.45, 2.75) is 174 Å². The molecule has 0 aromatic heterocycles. The van der Waals surface area contributed by atoms with Crippen molar-refractivity contribution in [3.8, 4) is 0 Å². The number of rotatable bonds is 32. The van der Waals surface area contributed by atoms with E-state index in [9.17, 15) is 19.8 Å². The number of unbranched alkanes of at least 4 members (excludes halogenated alkanes) is 22. The lowest BCUT2D eigenvalue weighted by Crippen LogP contribution is -2.32. The van der Waals surface area contributed by atoms with E-state index in [2.05, 4.69) is 0 Å². The largest absolute Gasteiger partial charge is 0.481 e. The van der Waals surface area contributed by atoms with E-state index >= 15 is 0 Å². The molecule has 0 amide bonds. The van der Waals surface area contributed by atoms with E-state index in [1.54, 1.807) is 0 Å². The lowest BCUT2D eigenvalue weighted by molar-refractivity contribution is -0.149. The number of aliphatic carboxylic acids is 2. The number of carboxylic acid groups (broad SMARTS) is 2. The summed E-state index contributed by atoms with van der Waals surface area (Å²) in [6.07, 6.45) is 28.8. The summed E-state index contributed by atoms with van der Waals surface area (Å²) in [5.41, 5.74) is 0. The molecule has 6 heteroatoms. The van der Waals surface area contributed by atoms with Crippen LogP contribution in [-0.2, 0) is 9.59 Å². The summed E-state index contributed by atoms with van der Waals surface area (Å²) in [6, 6.07) is 0. The number of aliphatic hydroxyl groups excluding tert-OH is 2. The molecule has 0 aliphatic rings. The van der Waals surface area contributed by atoms with Crippen LogP contribution in [0, 0.1) is 17.8 Å². The second-order valence-electron chi connectivity index (χ2n) is 12.3. The molecule has 0 aliphatic carbocycles. The minimum Gasteiger partial charge on any atom is -0.481 e. The summed E-state index contributed by atoms with van der Waals surface area (Å²) in [5, 5.41) is 37.3. The fourth-order valence-corrected chi connectivity index (χ4v) is 5.99. The molecular formula is C34H66O6. The molecule has 4 N–H and O–H groups in total. The Morgan fingerprint density at radius 3 is 0.800 bits per heavy atom. The van der Waals surface area contributed by atoms with Gasteiger partial charge < -0.3 is 20.4 Å². The van der Waals surface area contributed by atoms with Gasteiger partial charge in [-0.25, -0.2) is 0 Å². The summed E-state index contributed by atoms with van der Waals surface area (Å²) in [7, 11) is 0. The summed E-state index contributed by atoms with van der Waals surface area (Å²) < 4.78 is 0. The normalized spacial score (nSPS) is 13.8. The second kappa shape index (κ2) is 29.4. The Bertz CT molecular complexity index is 519. The van der Waals surface area contributed by atoms with E-state index in [4.69, 9.17) is 10.2 Å². The fourth-order valence-electron chi connectivity index (χ4n) is 5.99. The number of carbonyl (C=O) groups is 2. The number of carboxylic acids is 2. The van der Waals surface area contributed by atoms with Crippen LogP contribution in [0.4, 0.5) is 0 Å². The van der Waals surface area contributed by atoms with Gasteiger partial charge in [0, 0.05) is 13.2 Å². The molecule has 2 unspecified atom stereocenters. The average molecular weight is 571 g/mol. The first-order valence-corrected chi connectivity index (χ1v) is 17.1. The highest BCUT2D eigenvalue weighted by atomic mass is 16.4. The molecule has 0 saturated heterocycles. The van der Waals surface area contributed by atoms with Crippen LogP contribution in [0.1, 0.15) is 174 Å². The Balaban J connectivity index is 3.98. The van der Waals surface area contributed by atoms with Crippen LogP contribution in [-0.4, -0.2) is 45.6 Å². The minimum atomic E-state index is -0.842. The molecule has 0 rings (SSSR count). The summed E-state index contributed by atoms with van der Waals surface area (Å²) in [4.78, 5) is 24.0. The van der Waals surface area contributed by atoms with Crippen molar-refractivity contribution in [2.75, 3.05) is 13.2 Å². The standard InChI is InChI=1S/C34H66O6/c1-30(31(33(37)38)26-22-18-14-10-6-2-4-8-12-16-20-24-28-35)32(34(39)40)27-23-19-15-11-7-3-5-9-13-17-21-25-29-36/h30-32,35-36H,2-29H2,1H3,(H,37,38)(H,39,40). The Morgan fingerprint density at radius 1 is 0.400 bits per heavy atom. The van der Waals surface area contributed by atoms with Gasteiger partial charge in [-0.3, -0.25) is 9.59 Å². The van der Waals surface area contributed by atoms with E-state index in [0.29, 0.717) is 26.1 Å². The third-order valence-electron chi connectivity index (χ3n) is 8.75. The van der Waals surface area contributed by atoms with Gasteiger partial charge in [0.05, 0.1) is 11.8 Å². The monoisotopic (exact) mass is 570 g/mol. The zero-order chi connectivity index (χ0) is 29.7. The fraction of sp³-hybridized carbons (Fsp3) is 0.941. The van der Waals surface area contributed by atoms with E-state index < -0.39 is 23.8 Å². The lowest BCUT2D eigenvalue weighted by atomic mass is 9.78. The lowest BCUT2D eigenvalue weighted by Gasteiger charge is -2.26. The molecule has 2 atom stereocenters. The molecule has 0 saturated carbocycles. The van der Waals surface area contributed by atoms with Gasteiger partial charge in [-0.15, -0.1) is 0 Å². The first-order valence-electron chi connectivity index (χ1n) is 17.1. The van der Waals surface area contributed by atoms with Gasteiger partial charge in [0.1, 0.15) is 0 Å². The summed E-state index contributed by atoms with van der Waals surface area (Å²) in [6.45, 7) is 2.45. The molecule has 0 bridgehead atoms. The maximum Gasteiger partial charge on any atom is 0.306 e. The van der Waals surface area contributed by atoms with Crippen molar-refractivity contribution >= 4 is 11.9 Å². The number of aliphatic hydroxyl groups is 2. The van der Waals surface area contributed by atoms with Crippen LogP contribution in [0.5, 0.6) is 0 Å². The predicted octanol–water partition coefficient (Wildman–Crippen LogP) is 9.15. The Kier molecular flexibility index (Phi) is 28.5. The van der Waals surface area contributed by atoms with Crippen LogP contribution < -0.4 is 0 Å². The Hall–Kier alpha value is -1.14. The van der Waals surface area contributed by atoms with Crippen LogP contribution >= 0.6 is 0 Å². The predicted molar refractivity (Wildman–Crippen MR) is 166 cm³/mol. The smallest absolute Gasteiger partial charge is 0.306 e. The molecule has 0 spiro atoms. The molecule has 0 radical (unpaired) electrons. The zero-order valence-electron chi connectivity index (χ0n) is 26.1. The number of hydrogen-bond acceptors (Lipinski definition) is 4. The highest BCUT2D eigenvalue weighted by Gasteiger charge is 2.34. The van der Waals surface area contributed by atoms with Gasteiger partial charge in [0.2, 0.25) is 0 Å². The van der Waals surface area contributed by atoms with Crippen molar-refractivity contribution in [2.24, 2.45) is 17.8 Å². The topological polar surface area (TPSA) is 115 Å². The van der Waals surface area contributed by atoms with Gasteiger partial charge in [0.25, 0.3) is 0 Å². The first kappa shape index (κ1) is 38.9. The van der Waals surface area contributed by atoms with Crippen LogP contribution in [0.3, 0.4) is 0 Å². The van der Waals surface area contributed by atoms with Crippen LogP contribution in [0.2, 0.25) is 0 Å². The maximum absolute atomic E-state index is 12.0. The van der Waals surface area contributed by atoms with E-state index in [1.807, 2.05) is 6.92 Å². The van der Waals surface area contributed by atoms with Crippen molar-refractivity contribution in [1.82, 2.24) is 0 Å². The third kappa shape index (κ3) is 23.6. The highest BCUT2D eigenvalue weighted by molar-refractivity contribution is 5.74. The molecule has 238 valence electrons. The average Bonchev–Trinajstić information content (AvgIpc) is 2.92. The van der Waals surface area contributed by atoms with E-state index in [0.717, 1.165) is 64.2 Å². The maximum atomic E-state index is 12.0. The Labute approximate surface area is 246 Å². The molecule has 6 nitrogen and oxygen atoms in total. The molecule has 0 heterocycles. The quantitative estimate of drug-likeness (QED) is 0.0599. The van der Waals surface area contributed by atoms with Gasteiger partial charge in [-0.1, -0.05) is 148 Å². The summed E-state index contributed by atoms with van der Waals surface area (Å²) >= 11 is 0. The molecule has 0 aliphatic heterocycles. The Morgan fingerprint density at radius 2 is 0.600 bits per heavy atom. The number of hydrogen-bond donors (Lipinski definition) is 4. The first-order chi connectivity index (χ1) is 19.5. The van der Waals surface area contributed by atoms with Crippen molar-refractivity contribution < 1.29 is 30.0 Å². The van der Waals surface area contributed by atoms with Gasteiger partial charge in [-0.05, 0) is 31.6 Å². The van der Waals surface area contributed by atoms with Gasteiger partial charge >= 0.3 is 11.9 Å². The second-order valence-corrected chi connectivity index (χ2v) is 12.3. The van der Waals surface area contributed by atoms with Crippen molar-refractivity contribution in [3.63, 3.8) is 0 Å². The molecule has 0 aromatic rings. The van der Waals surface area contributed by atoms with Gasteiger partial charge in [-0.2, -0.15) is 0 Å². The SMILES string of the molecule is CC(C(CCCCCCCCCCCCCCO)C(=O)O)C(CCCCCCCCCCCCCCO)C(=O)O. The highest BCUT2D eigenvalue weighted by Crippen LogP contribution is 2.30. The van der Waals surface area contributed by atoms with Crippen LogP contribution in [0.15, 0.2) is 0 Å².